The van der Waals surface area contributed by atoms with E-state index in [2.05, 4.69) is 10.3 Å². The molecule has 0 aliphatic carbocycles. The molecule has 1 heterocycles. The molecule has 2 rings (SSSR count). The summed E-state index contributed by atoms with van der Waals surface area (Å²) in [6.07, 6.45) is 1.07. The molecule has 1 aromatic heterocycles. The lowest BCUT2D eigenvalue weighted by molar-refractivity contribution is 0.0586. The molecule has 1 unspecified atom stereocenters. The van der Waals surface area contributed by atoms with Crippen LogP contribution in [0.25, 0.3) is 0 Å². The Hall–Kier alpha value is -1.85. The average Bonchev–Trinajstić information content (AvgIpc) is 2.53. The Morgan fingerprint density at radius 2 is 1.91 bits per heavy atom. The van der Waals surface area contributed by atoms with Gasteiger partial charge in [-0.3, -0.25) is 4.79 Å². The second-order valence-corrected chi connectivity index (χ2v) is 7.43. The van der Waals surface area contributed by atoms with Gasteiger partial charge in [-0.1, -0.05) is 50.7 Å². The van der Waals surface area contributed by atoms with E-state index in [4.69, 9.17) is 0 Å². The fourth-order valence-electron chi connectivity index (χ4n) is 1.84. The molecule has 2 aromatic rings. The number of rotatable bonds is 5. The summed E-state index contributed by atoms with van der Waals surface area (Å²) in [5, 5.41) is 13.5. The third kappa shape index (κ3) is 5.08. The van der Waals surface area contributed by atoms with E-state index in [-0.39, 0.29) is 17.9 Å². The van der Waals surface area contributed by atoms with Gasteiger partial charge >= 0.3 is 0 Å². The minimum Gasteiger partial charge on any atom is -0.391 e. The number of aliphatic hydroxyl groups is 1. The van der Waals surface area contributed by atoms with Crippen LogP contribution in [0.4, 0.5) is 0 Å². The van der Waals surface area contributed by atoms with Crippen molar-refractivity contribution in [2.24, 2.45) is 5.41 Å². The molecule has 0 spiro atoms. The highest BCUT2D eigenvalue weighted by atomic mass is 32.2. The number of carbonyl (C=O) groups is 1. The molecule has 0 fully saturated rings. The van der Waals surface area contributed by atoms with Crippen molar-refractivity contribution in [3.8, 4) is 0 Å². The molecular formula is C18H22N2O2S. The molecule has 0 aliphatic rings. The Labute approximate surface area is 141 Å². The molecule has 5 heteroatoms. The minimum absolute atomic E-state index is 0.215. The number of amides is 1. The number of benzene rings is 1. The van der Waals surface area contributed by atoms with Gasteiger partial charge in [-0.05, 0) is 29.7 Å². The van der Waals surface area contributed by atoms with E-state index in [0.717, 1.165) is 4.90 Å². The average molecular weight is 330 g/mol. The van der Waals surface area contributed by atoms with Crippen molar-refractivity contribution in [3.05, 3.63) is 54.2 Å². The van der Waals surface area contributed by atoms with Crippen LogP contribution in [-0.2, 0) is 0 Å². The predicted octanol–water partition coefficient (Wildman–Crippen LogP) is 3.37. The van der Waals surface area contributed by atoms with Crippen molar-refractivity contribution in [2.75, 3.05) is 6.54 Å². The fraction of sp³-hybridized carbons (Fsp3) is 0.333. The number of pyridine rings is 1. The van der Waals surface area contributed by atoms with Gasteiger partial charge in [0.1, 0.15) is 5.03 Å². The van der Waals surface area contributed by atoms with Gasteiger partial charge in [0.05, 0.1) is 11.7 Å². The Balaban J connectivity index is 2.09. The van der Waals surface area contributed by atoms with Crippen molar-refractivity contribution in [1.82, 2.24) is 10.3 Å². The van der Waals surface area contributed by atoms with E-state index in [1.54, 1.807) is 18.3 Å². The molecule has 122 valence electrons. The van der Waals surface area contributed by atoms with Crippen LogP contribution in [0.3, 0.4) is 0 Å². The van der Waals surface area contributed by atoms with Crippen LogP contribution in [0.5, 0.6) is 0 Å². The zero-order valence-corrected chi connectivity index (χ0v) is 14.4. The summed E-state index contributed by atoms with van der Waals surface area (Å²) in [7, 11) is 0. The number of nitrogens with zero attached hydrogens (tertiary/aromatic N) is 1. The molecule has 0 bridgehead atoms. The summed E-state index contributed by atoms with van der Waals surface area (Å²) >= 11 is 1.45. The number of aromatic nitrogens is 1. The zero-order valence-electron chi connectivity index (χ0n) is 13.6. The van der Waals surface area contributed by atoms with E-state index < -0.39 is 6.10 Å². The van der Waals surface area contributed by atoms with E-state index in [0.29, 0.717) is 10.6 Å². The number of carbonyl (C=O) groups excluding carboxylic acids is 1. The van der Waals surface area contributed by atoms with Gasteiger partial charge in [-0.15, -0.1) is 0 Å². The Morgan fingerprint density at radius 3 is 2.57 bits per heavy atom. The summed E-state index contributed by atoms with van der Waals surface area (Å²) in [5.74, 6) is -0.222. The number of hydrogen-bond acceptors (Lipinski definition) is 4. The summed E-state index contributed by atoms with van der Waals surface area (Å²) in [5.41, 5.74) is 0.242. The van der Waals surface area contributed by atoms with Gasteiger partial charge in [0.25, 0.3) is 5.91 Å². The largest absolute Gasteiger partial charge is 0.391 e. The molecule has 0 aliphatic heterocycles. The molecule has 23 heavy (non-hydrogen) atoms. The Morgan fingerprint density at radius 1 is 1.22 bits per heavy atom. The van der Waals surface area contributed by atoms with E-state index in [1.807, 2.05) is 51.1 Å². The van der Waals surface area contributed by atoms with Crippen molar-refractivity contribution in [1.29, 1.82) is 0 Å². The van der Waals surface area contributed by atoms with Gasteiger partial charge in [0, 0.05) is 17.6 Å². The van der Waals surface area contributed by atoms with Gasteiger partial charge in [-0.2, -0.15) is 0 Å². The summed E-state index contributed by atoms with van der Waals surface area (Å²) < 4.78 is 0. The highest BCUT2D eigenvalue weighted by Gasteiger charge is 2.23. The van der Waals surface area contributed by atoms with Crippen molar-refractivity contribution >= 4 is 17.7 Å². The molecule has 1 aromatic carbocycles. The van der Waals surface area contributed by atoms with Crippen LogP contribution in [0.2, 0.25) is 0 Å². The molecule has 2 N–H and O–H groups in total. The molecule has 4 nitrogen and oxygen atoms in total. The molecular weight excluding hydrogens is 308 g/mol. The summed E-state index contributed by atoms with van der Waals surface area (Å²) in [6, 6.07) is 13.3. The zero-order chi connectivity index (χ0) is 16.9. The maximum absolute atomic E-state index is 12.4. The van der Waals surface area contributed by atoms with Crippen molar-refractivity contribution in [3.63, 3.8) is 0 Å². The lowest BCUT2D eigenvalue weighted by Crippen LogP contribution is -2.39. The Kier molecular flexibility index (Phi) is 5.80. The maximum Gasteiger partial charge on any atom is 0.254 e. The van der Waals surface area contributed by atoms with Gasteiger partial charge in [0.15, 0.2) is 0 Å². The maximum atomic E-state index is 12.4. The van der Waals surface area contributed by atoms with E-state index in [9.17, 15) is 9.90 Å². The molecule has 0 saturated carbocycles. The normalized spacial score (nSPS) is 12.7. The van der Waals surface area contributed by atoms with Crippen molar-refractivity contribution < 1.29 is 9.90 Å². The number of aliphatic hydroxyl groups excluding tert-OH is 1. The smallest absolute Gasteiger partial charge is 0.254 e. The molecule has 0 saturated heterocycles. The number of nitrogens with one attached hydrogen (secondary N) is 1. The molecule has 0 radical (unpaired) electrons. The van der Waals surface area contributed by atoms with E-state index in [1.165, 1.54) is 11.8 Å². The first kappa shape index (κ1) is 17.5. The van der Waals surface area contributed by atoms with Crippen LogP contribution in [-0.4, -0.2) is 28.6 Å². The molecule has 1 atom stereocenters. The van der Waals surface area contributed by atoms with Gasteiger partial charge < -0.3 is 10.4 Å². The quantitative estimate of drug-likeness (QED) is 0.882. The Bertz CT molecular complexity index is 654. The van der Waals surface area contributed by atoms with Crippen LogP contribution in [0, 0.1) is 5.41 Å². The van der Waals surface area contributed by atoms with Crippen LogP contribution >= 0.6 is 11.8 Å². The SMILES string of the molecule is CC(C)(C)C(O)CNC(=O)c1cccnc1Sc1ccccc1. The fourth-order valence-corrected chi connectivity index (χ4v) is 2.74. The lowest BCUT2D eigenvalue weighted by atomic mass is 9.89. The minimum atomic E-state index is -0.603. The first-order valence-corrected chi connectivity index (χ1v) is 8.34. The van der Waals surface area contributed by atoms with Crippen LogP contribution < -0.4 is 5.32 Å². The van der Waals surface area contributed by atoms with Crippen LogP contribution in [0.15, 0.2) is 58.6 Å². The number of hydrogen-bond donors (Lipinski definition) is 2. The first-order valence-electron chi connectivity index (χ1n) is 7.52. The molecule has 1 amide bonds. The predicted molar refractivity (Wildman–Crippen MR) is 92.6 cm³/mol. The second kappa shape index (κ2) is 7.62. The van der Waals surface area contributed by atoms with Gasteiger partial charge in [-0.25, -0.2) is 4.98 Å². The third-order valence-corrected chi connectivity index (χ3v) is 4.46. The highest BCUT2D eigenvalue weighted by Crippen LogP contribution is 2.28. The lowest BCUT2D eigenvalue weighted by Gasteiger charge is -2.26. The topological polar surface area (TPSA) is 62.2 Å². The summed E-state index contributed by atoms with van der Waals surface area (Å²) in [6.45, 7) is 6.02. The van der Waals surface area contributed by atoms with Crippen molar-refractivity contribution in [2.45, 2.75) is 36.8 Å². The monoisotopic (exact) mass is 330 g/mol. The standard InChI is InChI=1S/C18H22N2O2S/c1-18(2,3)15(21)12-20-16(22)14-10-7-11-19-17(14)23-13-8-5-4-6-9-13/h4-11,15,21H,12H2,1-3H3,(H,20,22). The van der Waals surface area contributed by atoms with Gasteiger partial charge in [0.2, 0.25) is 0 Å². The third-order valence-electron chi connectivity index (χ3n) is 3.43. The van der Waals surface area contributed by atoms with Crippen LogP contribution in [0.1, 0.15) is 31.1 Å². The summed E-state index contributed by atoms with van der Waals surface area (Å²) in [4.78, 5) is 17.7. The van der Waals surface area contributed by atoms with E-state index >= 15 is 0 Å². The second-order valence-electron chi connectivity index (χ2n) is 6.36. The highest BCUT2D eigenvalue weighted by molar-refractivity contribution is 7.99. The first-order chi connectivity index (χ1) is 10.9.